The number of halogens is 2. The molecule has 0 aromatic heterocycles. The molecule has 1 aromatic carbocycles. The van der Waals surface area contributed by atoms with Gasteiger partial charge in [0.2, 0.25) is 0 Å². The summed E-state index contributed by atoms with van der Waals surface area (Å²) in [5.74, 6) is -1.16. The second-order valence-electron chi connectivity index (χ2n) is 5.46. The topological polar surface area (TPSA) is 66.8 Å². The van der Waals surface area contributed by atoms with Gasteiger partial charge in [0.1, 0.15) is 11.6 Å². The van der Waals surface area contributed by atoms with Crippen LogP contribution in [0.25, 0.3) is 0 Å². The molecule has 0 saturated carbocycles. The number of amides is 1. The second kappa shape index (κ2) is 6.54. The maximum atomic E-state index is 12.3. The van der Waals surface area contributed by atoms with E-state index in [2.05, 4.69) is 0 Å². The van der Waals surface area contributed by atoms with Crippen LogP contribution < -0.4 is 4.90 Å². The standard InChI is InChI=1S/C14H17Cl2NO4/c1-8(12(18)19)17(13(20)21-14(2,3)4)9-5-6-10(15)11(16)7-9/h5-8H,1-4H3,(H,18,19)/t8-/m0/s1. The van der Waals surface area contributed by atoms with E-state index >= 15 is 0 Å². The first-order valence-electron chi connectivity index (χ1n) is 6.23. The summed E-state index contributed by atoms with van der Waals surface area (Å²) in [4.78, 5) is 24.5. The lowest BCUT2D eigenvalue weighted by molar-refractivity contribution is -0.138. The van der Waals surface area contributed by atoms with Gasteiger partial charge in [-0.3, -0.25) is 4.90 Å². The summed E-state index contributed by atoms with van der Waals surface area (Å²) >= 11 is 11.8. The minimum absolute atomic E-state index is 0.223. The molecular formula is C14H17Cl2NO4. The van der Waals surface area contributed by atoms with Crippen LogP contribution in [0, 0.1) is 0 Å². The summed E-state index contributed by atoms with van der Waals surface area (Å²) in [6.45, 7) is 6.48. The van der Waals surface area contributed by atoms with Crippen molar-refractivity contribution in [2.45, 2.75) is 39.3 Å². The highest BCUT2D eigenvalue weighted by Crippen LogP contribution is 2.29. The van der Waals surface area contributed by atoms with Crippen molar-refractivity contribution >= 4 is 41.0 Å². The van der Waals surface area contributed by atoms with Crippen molar-refractivity contribution in [3.8, 4) is 0 Å². The molecule has 0 aliphatic heterocycles. The van der Waals surface area contributed by atoms with Gasteiger partial charge in [0.25, 0.3) is 0 Å². The van der Waals surface area contributed by atoms with Gasteiger partial charge in [-0.2, -0.15) is 0 Å². The van der Waals surface area contributed by atoms with Gasteiger partial charge in [-0.25, -0.2) is 9.59 Å². The van der Waals surface area contributed by atoms with Crippen LogP contribution in [0.2, 0.25) is 10.0 Å². The van der Waals surface area contributed by atoms with E-state index in [1.807, 2.05) is 0 Å². The minimum atomic E-state index is -1.16. The highest BCUT2D eigenvalue weighted by Gasteiger charge is 2.31. The molecule has 5 nitrogen and oxygen atoms in total. The van der Waals surface area contributed by atoms with Crippen LogP contribution in [-0.2, 0) is 9.53 Å². The average molecular weight is 334 g/mol. The third-order valence-corrected chi connectivity index (χ3v) is 3.26. The highest BCUT2D eigenvalue weighted by atomic mass is 35.5. The average Bonchev–Trinajstić information content (AvgIpc) is 2.31. The van der Waals surface area contributed by atoms with E-state index in [0.717, 1.165) is 4.90 Å². The zero-order valence-corrected chi connectivity index (χ0v) is 13.7. The van der Waals surface area contributed by atoms with Gasteiger partial charge >= 0.3 is 12.1 Å². The SMILES string of the molecule is C[C@@H](C(=O)O)N(C(=O)OC(C)(C)C)c1ccc(Cl)c(Cl)c1. The molecule has 1 N–H and O–H groups in total. The summed E-state index contributed by atoms with van der Waals surface area (Å²) in [5, 5.41) is 9.71. The molecule has 7 heteroatoms. The van der Waals surface area contributed by atoms with Gasteiger partial charge in [-0.05, 0) is 45.9 Å². The molecule has 1 atom stereocenters. The number of anilines is 1. The molecule has 0 unspecified atom stereocenters. The van der Waals surface area contributed by atoms with Crippen LogP contribution >= 0.6 is 23.2 Å². The third kappa shape index (κ3) is 4.79. The number of carbonyl (C=O) groups is 2. The van der Waals surface area contributed by atoms with Crippen LogP contribution in [0.4, 0.5) is 10.5 Å². The monoisotopic (exact) mass is 333 g/mol. The number of carboxylic acids is 1. The van der Waals surface area contributed by atoms with E-state index < -0.39 is 23.7 Å². The quantitative estimate of drug-likeness (QED) is 0.899. The summed E-state index contributed by atoms with van der Waals surface area (Å²) in [6.07, 6.45) is -0.768. The number of hydrogen-bond acceptors (Lipinski definition) is 3. The fourth-order valence-corrected chi connectivity index (χ4v) is 1.84. The molecular weight excluding hydrogens is 317 g/mol. The van der Waals surface area contributed by atoms with Crippen LogP contribution in [0.5, 0.6) is 0 Å². The molecule has 116 valence electrons. The fourth-order valence-electron chi connectivity index (χ4n) is 1.54. The van der Waals surface area contributed by atoms with E-state index in [0.29, 0.717) is 10.7 Å². The van der Waals surface area contributed by atoms with Crippen LogP contribution in [0.1, 0.15) is 27.7 Å². The highest BCUT2D eigenvalue weighted by molar-refractivity contribution is 6.42. The van der Waals surface area contributed by atoms with E-state index in [1.165, 1.54) is 25.1 Å². The molecule has 1 rings (SSSR count). The van der Waals surface area contributed by atoms with Gasteiger partial charge < -0.3 is 9.84 Å². The number of rotatable bonds is 3. The van der Waals surface area contributed by atoms with E-state index in [4.69, 9.17) is 27.9 Å². The molecule has 0 saturated heterocycles. The number of hydrogen-bond donors (Lipinski definition) is 1. The van der Waals surface area contributed by atoms with Gasteiger partial charge in [0, 0.05) is 5.69 Å². The van der Waals surface area contributed by atoms with Crippen molar-refractivity contribution < 1.29 is 19.4 Å². The number of carbonyl (C=O) groups excluding carboxylic acids is 1. The van der Waals surface area contributed by atoms with Crippen LogP contribution in [0.3, 0.4) is 0 Å². The smallest absolute Gasteiger partial charge is 0.415 e. The Balaban J connectivity index is 3.22. The summed E-state index contributed by atoms with van der Waals surface area (Å²) in [7, 11) is 0. The van der Waals surface area contributed by atoms with E-state index in [1.54, 1.807) is 20.8 Å². The molecule has 0 aliphatic rings. The Bertz CT molecular complexity index is 554. The summed E-state index contributed by atoms with van der Waals surface area (Å²) < 4.78 is 5.24. The largest absolute Gasteiger partial charge is 0.480 e. The van der Waals surface area contributed by atoms with Crippen molar-refractivity contribution in [3.63, 3.8) is 0 Å². The Morgan fingerprint density at radius 3 is 2.24 bits per heavy atom. The van der Waals surface area contributed by atoms with Gasteiger partial charge in [0.15, 0.2) is 0 Å². The minimum Gasteiger partial charge on any atom is -0.480 e. The van der Waals surface area contributed by atoms with Gasteiger partial charge in [0.05, 0.1) is 10.0 Å². The first kappa shape index (κ1) is 17.6. The molecule has 0 radical (unpaired) electrons. The molecule has 0 heterocycles. The lowest BCUT2D eigenvalue weighted by Gasteiger charge is -2.30. The lowest BCUT2D eigenvalue weighted by atomic mass is 10.2. The molecule has 1 aromatic rings. The number of aliphatic carboxylic acids is 1. The number of carboxylic acid groups (broad SMARTS) is 1. The lowest BCUT2D eigenvalue weighted by Crippen LogP contribution is -2.46. The maximum Gasteiger partial charge on any atom is 0.415 e. The molecule has 0 fully saturated rings. The summed E-state index contributed by atoms with van der Waals surface area (Å²) in [5.41, 5.74) is -0.447. The van der Waals surface area contributed by atoms with Crippen molar-refractivity contribution in [1.29, 1.82) is 0 Å². The Kier molecular flexibility index (Phi) is 5.48. The Hall–Kier alpha value is -1.46. The molecule has 0 bridgehead atoms. The van der Waals surface area contributed by atoms with Crippen molar-refractivity contribution in [1.82, 2.24) is 0 Å². The number of ether oxygens (including phenoxy) is 1. The van der Waals surface area contributed by atoms with Crippen LogP contribution in [0.15, 0.2) is 18.2 Å². The Morgan fingerprint density at radius 2 is 1.81 bits per heavy atom. The zero-order valence-electron chi connectivity index (χ0n) is 12.2. The van der Waals surface area contributed by atoms with Gasteiger partial charge in [-0.1, -0.05) is 23.2 Å². The molecule has 1 amide bonds. The third-order valence-electron chi connectivity index (χ3n) is 2.52. The molecule has 21 heavy (non-hydrogen) atoms. The molecule has 0 spiro atoms. The number of benzene rings is 1. The predicted octanol–water partition coefficient (Wildman–Crippen LogP) is 4.21. The van der Waals surface area contributed by atoms with Gasteiger partial charge in [-0.15, -0.1) is 0 Å². The molecule has 0 aliphatic carbocycles. The normalized spacial score (nSPS) is 12.7. The maximum absolute atomic E-state index is 12.3. The number of nitrogens with zero attached hydrogens (tertiary/aromatic N) is 1. The first-order chi connectivity index (χ1) is 9.53. The Morgan fingerprint density at radius 1 is 1.24 bits per heavy atom. The van der Waals surface area contributed by atoms with E-state index in [-0.39, 0.29) is 5.02 Å². The summed E-state index contributed by atoms with van der Waals surface area (Å²) in [6, 6.07) is 3.31. The predicted molar refractivity (Wildman–Crippen MR) is 82.3 cm³/mol. The van der Waals surface area contributed by atoms with Crippen molar-refractivity contribution in [2.75, 3.05) is 4.90 Å². The second-order valence-corrected chi connectivity index (χ2v) is 6.28. The van der Waals surface area contributed by atoms with E-state index in [9.17, 15) is 14.7 Å². The van der Waals surface area contributed by atoms with Crippen molar-refractivity contribution in [3.05, 3.63) is 28.2 Å². The first-order valence-corrected chi connectivity index (χ1v) is 6.98. The van der Waals surface area contributed by atoms with Crippen molar-refractivity contribution in [2.24, 2.45) is 0 Å². The fraction of sp³-hybridized carbons (Fsp3) is 0.429. The Labute approximate surface area is 133 Å². The van der Waals surface area contributed by atoms with Crippen LogP contribution in [-0.4, -0.2) is 28.8 Å². The zero-order chi connectivity index (χ0) is 16.4.